The summed E-state index contributed by atoms with van der Waals surface area (Å²) < 4.78 is 5.34. The van der Waals surface area contributed by atoms with Crippen LogP contribution < -0.4 is 15.2 Å². The highest BCUT2D eigenvalue weighted by molar-refractivity contribution is 5.81. The fourth-order valence-corrected chi connectivity index (χ4v) is 1.39. The third-order valence-electron chi connectivity index (χ3n) is 2.19. The van der Waals surface area contributed by atoms with Gasteiger partial charge in [0.05, 0.1) is 12.5 Å². The molecule has 1 rings (SSSR count). The molecule has 0 unspecified atom stereocenters. The van der Waals surface area contributed by atoms with Crippen LogP contribution in [0.1, 0.15) is 11.1 Å². The standard InChI is InChI=1S/C12H15NO4/c1-8-4-3-5-9(2)12(8)17-7-10(14)13-6-11(15)16/h3-5H,6-7H2,1-2H3,(H,13,14)(H,15,16)/p-1. The monoisotopic (exact) mass is 236 g/mol. The lowest BCUT2D eigenvalue weighted by Crippen LogP contribution is -2.39. The molecule has 0 aliphatic rings. The Morgan fingerprint density at radius 1 is 1.29 bits per heavy atom. The normalized spacial score (nSPS) is 9.76. The van der Waals surface area contributed by atoms with Crippen LogP contribution in [0.4, 0.5) is 0 Å². The van der Waals surface area contributed by atoms with E-state index in [9.17, 15) is 14.7 Å². The number of carboxylic acids is 1. The summed E-state index contributed by atoms with van der Waals surface area (Å²) in [7, 11) is 0. The number of carbonyl (C=O) groups is 2. The van der Waals surface area contributed by atoms with Crippen molar-refractivity contribution in [3.63, 3.8) is 0 Å². The van der Waals surface area contributed by atoms with E-state index in [4.69, 9.17) is 4.74 Å². The Morgan fingerprint density at radius 2 is 1.88 bits per heavy atom. The molecule has 5 heteroatoms. The fourth-order valence-electron chi connectivity index (χ4n) is 1.39. The lowest BCUT2D eigenvalue weighted by atomic mass is 10.1. The number of hydrogen-bond donors (Lipinski definition) is 1. The van der Waals surface area contributed by atoms with Gasteiger partial charge in [-0.3, -0.25) is 4.79 Å². The number of hydrogen-bond acceptors (Lipinski definition) is 4. The van der Waals surface area contributed by atoms with Gasteiger partial charge >= 0.3 is 0 Å². The first kappa shape index (κ1) is 13.0. The van der Waals surface area contributed by atoms with Crippen molar-refractivity contribution >= 4 is 11.9 Å². The Labute approximate surface area is 99.4 Å². The van der Waals surface area contributed by atoms with Crippen LogP contribution in [-0.4, -0.2) is 25.0 Å². The highest BCUT2D eigenvalue weighted by Gasteiger charge is 2.06. The van der Waals surface area contributed by atoms with Crippen LogP contribution >= 0.6 is 0 Å². The van der Waals surface area contributed by atoms with E-state index in [1.54, 1.807) is 0 Å². The fraction of sp³-hybridized carbons (Fsp3) is 0.333. The molecule has 0 atom stereocenters. The molecule has 0 radical (unpaired) electrons. The van der Waals surface area contributed by atoms with Crippen LogP contribution in [0.25, 0.3) is 0 Å². The van der Waals surface area contributed by atoms with E-state index in [1.807, 2.05) is 32.0 Å². The van der Waals surface area contributed by atoms with Gasteiger partial charge in [0, 0.05) is 0 Å². The number of ether oxygens (including phenoxy) is 1. The SMILES string of the molecule is Cc1cccc(C)c1OCC(=O)NCC(=O)[O-]. The van der Waals surface area contributed by atoms with E-state index < -0.39 is 18.4 Å². The largest absolute Gasteiger partial charge is 0.548 e. The van der Waals surface area contributed by atoms with Crippen molar-refractivity contribution in [2.45, 2.75) is 13.8 Å². The molecule has 1 amide bonds. The van der Waals surface area contributed by atoms with E-state index in [2.05, 4.69) is 5.32 Å². The van der Waals surface area contributed by atoms with Crippen molar-refractivity contribution < 1.29 is 19.4 Å². The molecule has 0 aliphatic heterocycles. The van der Waals surface area contributed by atoms with Gasteiger partial charge in [0.25, 0.3) is 5.91 Å². The summed E-state index contributed by atoms with van der Waals surface area (Å²) in [5.74, 6) is -1.17. The van der Waals surface area contributed by atoms with Crippen molar-refractivity contribution in [1.82, 2.24) is 5.32 Å². The van der Waals surface area contributed by atoms with Crippen LogP contribution in [-0.2, 0) is 9.59 Å². The first-order chi connectivity index (χ1) is 8.00. The Balaban J connectivity index is 2.50. The predicted octanol–water partition coefficient (Wildman–Crippen LogP) is -0.452. The summed E-state index contributed by atoms with van der Waals surface area (Å²) in [4.78, 5) is 21.3. The molecule has 0 aromatic heterocycles. The van der Waals surface area contributed by atoms with Crippen LogP contribution in [0.5, 0.6) is 5.75 Å². The van der Waals surface area contributed by atoms with Crippen LogP contribution in [0.2, 0.25) is 0 Å². The van der Waals surface area contributed by atoms with E-state index in [-0.39, 0.29) is 6.61 Å². The molecule has 1 aromatic rings. The molecule has 1 N–H and O–H groups in total. The third kappa shape index (κ3) is 4.14. The molecule has 0 spiro atoms. The first-order valence-corrected chi connectivity index (χ1v) is 5.16. The highest BCUT2D eigenvalue weighted by atomic mass is 16.5. The molecule has 0 saturated carbocycles. The summed E-state index contributed by atoms with van der Waals surface area (Å²) in [6.45, 7) is 3.04. The van der Waals surface area contributed by atoms with Crippen molar-refractivity contribution in [3.05, 3.63) is 29.3 Å². The number of carbonyl (C=O) groups excluding carboxylic acids is 2. The first-order valence-electron chi connectivity index (χ1n) is 5.16. The quantitative estimate of drug-likeness (QED) is 0.751. The minimum absolute atomic E-state index is 0.209. The van der Waals surface area contributed by atoms with Crippen molar-refractivity contribution in [2.75, 3.05) is 13.2 Å². The molecule has 0 fully saturated rings. The number of para-hydroxylation sites is 1. The van der Waals surface area contributed by atoms with Crippen molar-refractivity contribution in [1.29, 1.82) is 0 Å². The van der Waals surface area contributed by atoms with Crippen LogP contribution in [0, 0.1) is 13.8 Å². The Kier molecular flexibility index (Phi) is 4.51. The van der Waals surface area contributed by atoms with Crippen LogP contribution in [0.15, 0.2) is 18.2 Å². The molecule has 0 aliphatic carbocycles. The average Bonchev–Trinajstić information content (AvgIpc) is 2.25. The Bertz CT molecular complexity index is 408. The molecule has 5 nitrogen and oxygen atoms in total. The van der Waals surface area contributed by atoms with Gasteiger partial charge in [0.2, 0.25) is 0 Å². The van der Waals surface area contributed by atoms with Gasteiger partial charge < -0.3 is 20.0 Å². The molecule has 17 heavy (non-hydrogen) atoms. The maximum absolute atomic E-state index is 11.2. The number of aliphatic carboxylic acids is 1. The second-order valence-corrected chi connectivity index (χ2v) is 3.66. The minimum Gasteiger partial charge on any atom is -0.548 e. The number of rotatable bonds is 5. The van der Waals surface area contributed by atoms with E-state index in [0.717, 1.165) is 11.1 Å². The summed E-state index contributed by atoms with van der Waals surface area (Å²) in [5.41, 5.74) is 1.86. The topological polar surface area (TPSA) is 78.5 Å². The van der Waals surface area contributed by atoms with Crippen LogP contribution in [0.3, 0.4) is 0 Å². The predicted molar refractivity (Wildman–Crippen MR) is 59.4 cm³/mol. The number of carboxylic acid groups (broad SMARTS) is 1. The lowest BCUT2D eigenvalue weighted by Gasteiger charge is -2.12. The van der Waals surface area contributed by atoms with E-state index in [0.29, 0.717) is 5.75 Å². The highest BCUT2D eigenvalue weighted by Crippen LogP contribution is 2.21. The molecule has 1 aromatic carbocycles. The summed E-state index contributed by atoms with van der Waals surface area (Å²) in [5, 5.41) is 12.3. The minimum atomic E-state index is -1.33. The zero-order valence-corrected chi connectivity index (χ0v) is 9.78. The van der Waals surface area contributed by atoms with Gasteiger partial charge in [-0.1, -0.05) is 18.2 Å². The number of nitrogens with one attached hydrogen (secondary N) is 1. The molecular formula is C12H14NO4-. The maximum Gasteiger partial charge on any atom is 0.258 e. The summed E-state index contributed by atoms with van der Waals surface area (Å²) in [6.07, 6.45) is 0. The smallest absolute Gasteiger partial charge is 0.258 e. The van der Waals surface area contributed by atoms with Gasteiger partial charge in [0.1, 0.15) is 5.75 Å². The summed E-state index contributed by atoms with van der Waals surface area (Å²) >= 11 is 0. The lowest BCUT2D eigenvalue weighted by molar-refractivity contribution is -0.304. The Morgan fingerprint density at radius 3 is 2.41 bits per heavy atom. The van der Waals surface area contributed by atoms with Gasteiger partial charge in [0.15, 0.2) is 6.61 Å². The van der Waals surface area contributed by atoms with Gasteiger partial charge in [-0.25, -0.2) is 0 Å². The summed E-state index contributed by atoms with van der Waals surface area (Å²) in [6, 6.07) is 5.65. The van der Waals surface area contributed by atoms with E-state index in [1.165, 1.54) is 0 Å². The van der Waals surface area contributed by atoms with E-state index >= 15 is 0 Å². The zero-order chi connectivity index (χ0) is 12.8. The van der Waals surface area contributed by atoms with Crippen molar-refractivity contribution in [3.8, 4) is 5.75 Å². The number of amides is 1. The molecular weight excluding hydrogens is 222 g/mol. The van der Waals surface area contributed by atoms with Gasteiger partial charge in [-0.2, -0.15) is 0 Å². The zero-order valence-electron chi connectivity index (χ0n) is 9.78. The Hall–Kier alpha value is -2.04. The number of benzene rings is 1. The second kappa shape index (κ2) is 5.89. The maximum atomic E-state index is 11.2. The molecule has 0 heterocycles. The average molecular weight is 236 g/mol. The molecule has 0 bridgehead atoms. The second-order valence-electron chi connectivity index (χ2n) is 3.66. The molecule has 0 saturated heterocycles. The van der Waals surface area contributed by atoms with Gasteiger partial charge in [-0.05, 0) is 25.0 Å². The van der Waals surface area contributed by atoms with Crippen molar-refractivity contribution in [2.24, 2.45) is 0 Å². The number of aryl methyl sites for hydroxylation is 2. The molecule has 92 valence electrons. The third-order valence-corrected chi connectivity index (χ3v) is 2.19. The van der Waals surface area contributed by atoms with Gasteiger partial charge in [-0.15, -0.1) is 0 Å².